The number of piperidine rings is 1. The normalized spacial score (nSPS) is 17.4. The second-order valence-electron chi connectivity index (χ2n) is 9.27. The molecule has 2 aromatic rings. The summed E-state index contributed by atoms with van der Waals surface area (Å²) in [5.74, 6) is 1.46. The fourth-order valence-electron chi connectivity index (χ4n) is 4.61. The Hall–Kier alpha value is -2.37. The monoisotopic (exact) mass is 504 g/mol. The van der Waals surface area contributed by atoms with Crippen LogP contribution in [-0.2, 0) is 29.4 Å². The van der Waals surface area contributed by atoms with Gasteiger partial charge in [-0.3, -0.25) is 0 Å². The summed E-state index contributed by atoms with van der Waals surface area (Å²) < 4.78 is 32.0. The summed E-state index contributed by atoms with van der Waals surface area (Å²) in [6.07, 6.45) is 11.6. The van der Waals surface area contributed by atoms with E-state index in [0.717, 1.165) is 68.0 Å². The summed E-state index contributed by atoms with van der Waals surface area (Å²) in [5, 5.41) is 8.92. The van der Waals surface area contributed by atoms with Crippen molar-refractivity contribution in [2.24, 2.45) is 5.92 Å². The molecule has 0 unspecified atom stereocenters. The molecular formula is C24H36N6O4S. The Morgan fingerprint density at radius 3 is 2.57 bits per heavy atom. The summed E-state index contributed by atoms with van der Waals surface area (Å²) in [6.45, 7) is 5.18. The quantitative estimate of drug-likeness (QED) is 0.458. The largest absolute Gasteiger partial charge is 0.463 e. The first-order valence-electron chi connectivity index (χ1n) is 12.6. The molecular weight excluding hydrogens is 468 g/mol. The van der Waals surface area contributed by atoms with Gasteiger partial charge in [-0.15, -0.1) is 0 Å². The minimum atomic E-state index is -3.37. The van der Waals surface area contributed by atoms with Crippen molar-refractivity contribution in [3.05, 3.63) is 35.4 Å². The zero-order valence-corrected chi connectivity index (χ0v) is 21.3. The number of ether oxygens (including phenoxy) is 1. The average molecular weight is 505 g/mol. The molecule has 35 heavy (non-hydrogen) atoms. The zero-order chi connectivity index (χ0) is 24.7. The van der Waals surface area contributed by atoms with Gasteiger partial charge in [0.2, 0.25) is 16.0 Å². The van der Waals surface area contributed by atoms with Crippen LogP contribution < -0.4 is 9.64 Å². The van der Waals surface area contributed by atoms with E-state index in [1.807, 2.05) is 12.4 Å². The number of aliphatic hydroxyl groups is 1. The summed E-state index contributed by atoms with van der Waals surface area (Å²) in [4.78, 5) is 20.1. The van der Waals surface area contributed by atoms with Crippen LogP contribution in [-0.4, -0.2) is 76.4 Å². The van der Waals surface area contributed by atoms with E-state index < -0.39 is 10.0 Å². The zero-order valence-electron chi connectivity index (χ0n) is 20.5. The summed E-state index contributed by atoms with van der Waals surface area (Å²) in [7, 11) is -3.37. The van der Waals surface area contributed by atoms with Crippen LogP contribution in [0.3, 0.4) is 0 Å². The molecule has 0 amide bonds. The van der Waals surface area contributed by atoms with Crippen LogP contribution >= 0.6 is 0 Å². The molecule has 2 aromatic heterocycles. The van der Waals surface area contributed by atoms with Crippen molar-refractivity contribution in [1.29, 1.82) is 0 Å². The number of hydrogen-bond acceptors (Lipinski definition) is 9. The first-order valence-corrected chi connectivity index (χ1v) is 14.2. The highest BCUT2D eigenvalue weighted by Crippen LogP contribution is 2.25. The molecule has 0 spiro atoms. The maximum Gasteiger partial charge on any atom is 0.316 e. The standard InChI is InChI=1S/C24H36N6O4S/c1-2-19-15-25-23(26-16-19)29-9-6-20(7-10-29)5-3-13-34-24-27-17-21-18-30(11-8-22(21)28-24)35(32,33)14-4-12-31/h15-17,20,31H,2-14,18H2,1H3. The minimum absolute atomic E-state index is 0.0419. The summed E-state index contributed by atoms with van der Waals surface area (Å²) in [6, 6.07) is 0.364. The van der Waals surface area contributed by atoms with Gasteiger partial charge in [-0.1, -0.05) is 6.92 Å². The number of anilines is 1. The molecule has 4 heterocycles. The van der Waals surface area contributed by atoms with Crippen molar-refractivity contribution < 1.29 is 18.3 Å². The number of sulfonamides is 1. The number of aromatic nitrogens is 4. The van der Waals surface area contributed by atoms with Gasteiger partial charge >= 0.3 is 6.01 Å². The first kappa shape index (κ1) is 25.7. The fourth-order valence-corrected chi connectivity index (χ4v) is 6.06. The lowest BCUT2D eigenvalue weighted by Gasteiger charge is -2.32. The van der Waals surface area contributed by atoms with Gasteiger partial charge in [0, 0.05) is 63.4 Å². The molecule has 0 saturated carbocycles. The Bertz CT molecular complexity index is 1060. The van der Waals surface area contributed by atoms with Crippen molar-refractivity contribution in [3.8, 4) is 6.01 Å². The smallest absolute Gasteiger partial charge is 0.316 e. The number of aliphatic hydroxyl groups excluding tert-OH is 1. The molecule has 2 aliphatic heterocycles. The van der Waals surface area contributed by atoms with Gasteiger partial charge in [-0.25, -0.2) is 23.4 Å². The summed E-state index contributed by atoms with van der Waals surface area (Å²) in [5.41, 5.74) is 2.83. The lowest BCUT2D eigenvalue weighted by Crippen LogP contribution is -2.38. The van der Waals surface area contributed by atoms with Crippen LogP contribution in [0.5, 0.6) is 6.01 Å². The molecule has 10 nitrogen and oxygen atoms in total. The Morgan fingerprint density at radius 2 is 1.86 bits per heavy atom. The van der Waals surface area contributed by atoms with Crippen LogP contribution in [0.2, 0.25) is 0 Å². The third-order valence-electron chi connectivity index (χ3n) is 6.82. The minimum Gasteiger partial charge on any atom is -0.463 e. The maximum absolute atomic E-state index is 12.4. The number of nitrogens with zero attached hydrogens (tertiary/aromatic N) is 6. The van der Waals surface area contributed by atoms with Crippen LogP contribution in [0.15, 0.2) is 18.6 Å². The lowest BCUT2D eigenvalue weighted by molar-refractivity contribution is 0.259. The van der Waals surface area contributed by atoms with Gasteiger partial charge in [-0.05, 0) is 50.0 Å². The number of hydrogen-bond donors (Lipinski definition) is 1. The second kappa shape index (κ2) is 12.0. The topological polar surface area (TPSA) is 122 Å². The molecule has 1 fully saturated rings. The molecule has 192 valence electrons. The molecule has 0 aromatic carbocycles. The van der Waals surface area contributed by atoms with E-state index >= 15 is 0 Å². The van der Waals surface area contributed by atoms with Crippen LogP contribution in [0.4, 0.5) is 5.95 Å². The Balaban J connectivity index is 1.18. The van der Waals surface area contributed by atoms with E-state index in [9.17, 15) is 8.42 Å². The molecule has 11 heteroatoms. The predicted octanol–water partition coefficient (Wildman–Crippen LogP) is 1.97. The molecule has 0 radical (unpaired) electrons. The van der Waals surface area contributed by atoms with E-state index in [1.54, 1.807) is 6.20 Å². The van der Waals surface area contributed by atoms with E-state index in [2.05, 4.69) is 31.8 Å². The molecule has 4 rings (SSSR count). The van der Waals surface area contributed by atoms with E-state index in [4.69, 9.17) is 9.84 Å². The lowest BCUT2D eigenvalue weighted by atomic mass is 9.92. The molecule has 0 bridgehead atoms. The molecule has 0 aliphatic carbocycles. The Labute approximate surface area is 207 Å². The third-order valence-corrected chi connectivity index (χ3v) is 8.72. The number of rotatable bonds is 11. The van der Waals surface area contributed by atoms with Crippen LogP contribution in [0.25, 0.3) is 0 Å². The van der Waals surface area contributed by atoms with Crippen molar-refractivity contribution in [2.45, 2.75) is 58.4 Å². The number of fused-ring (bicyclic) bond motifs is 1. The van der Waals surface area contributed by atoms with E-state index in [0.29, 0.717) is 31.5 Å². The highest BCUT2D eigenvalue weighted by Gasteiger charge is 2.27. The molecule has 1 N–H and O–H groups in total. The van der Waals surface area contributed by atoms with Gasteiger partial charge in [0.15, 0.2) is 0 Å². The van der Waals surface area contributed by atoms with Crippen molar-refractivity contribution in [1.82, 2.24) is 24.2 Å². The van der Waals surface area contributed by atoms with Gasteiger partial charge in [-0.2, -0.15) is 9.29 Å². The second-order valence-corrected chi connectivity index (χ2v) is 11.4. The van der Waals surface area contributed by atoms with Gasteiger partial charge < -0.3 is 14.7 Å². The molecule has 1 saturated heterocycles. The SMILES string of the molecule is CCc1cnc(N2CCC(CCCOc3ncc4c(n3)CCN(S(=O)(=O)CCCO)C4)CC2)nc1. The predicted molar refractivity (Wildman–Crippen MR) is 133 cm³/mol. The highest BCUT2D eigenvalue weighted by molar-refractivity contribution is 7.89. The van der Waals surface area contributed by atoms with Gasteiger partial charge in [0.1, 0.15) is 0 Å². The fraction of sp³-hybridized carbons (Fsp3) is 0.667. The molecule has 0 atom stereocenters. The summed E-state index contributed by atoms with van der Waals surface area (Å²) >= 11 is 0. The Kier molecular flexibility index (Phi) is 8.85. The highest BCUT2D eigenvalue weighted by atomic mass is 32.2. The Morgan fingerprint density at radius 1 is 1.09 bits per heavy atom. The van der Waals surface area contributed by atoms with Crippen molar-refractivity contribution in [3.63, 3.8) is 0 Å². The van der Waals surface area contributed by atoms with Crippen LogP contribution in [0.1, 0.15) is 55.8 Å². The van der Waals surface area contributed by atoms with E-state index in [1.165, 1.54) is 4.31 Å². The first-order chi connectivity index (χ1) is 17.0. The van der Waals surface area contributed by atoms with Gasteiger partial charge in [0.05, 0.1) is 18.1 Å². The van der Waals surface area contributed by atoms with Crippen LogP contribution in [0, 0.1) is 5.92 Å². The van der Waals surface area contributed by atoms with Gasteiger partial charge in [0.25, 0.3) is 0 Å². The van der Waals surface area contributed by atoms with Crippen molar-refractivity contribution >= 4 is 16.0 Å². The van der Waals surface area contributed by atoms with E-state index in [-0.39, 0.29) is 25.3 Å². The number of aryl methyl sites for hydroxylation is 1. The average Bonchev–Trinajstić information content (AvgIpc) is 2.90. The third kappa shape index (κ3) is 6.86. The molecule has 2 aliphatic rings. The maximum atomic E-state index is 12.4. The van der Waals surface area contributed by atoms with Crippen molar-refractivity contribution in [2.75, 3.05) is 43.5 Å².